The van der Waals surface area contributed by atoms with E-state index in [-0.39, 0.29) is 5.97 Å². The van der Waals surface area contributed by atoms with Gasteiger partial charge in [0.05, 0.1) is 11.3 Å². The van der Waals surface area contributed by atoms with Crippen LogP contribution in [0, 0.1) is 11.3 Å². The zero-order chi connectivity index (χ0) is 18.5. The third-order valence-electron chi connectivity index (χ3n) is 3.43. The Hall–Kier alpha value is -2.75. The van der Waals surface area contributed by atoms with Crippen molar-refractivity contribution in [2.75, 3.05) is 0 Å². The van der Waals surface area contributed by atoms with Crippen molar-refractivity contribution in [1.82, 2.24) is 4.98 Å². The lowest BCUT2D eigenvalue weighted by Crippen LogP contribution is -2.00. The minimum Gasteiger partial charge on any atom is -0.427 e. The van der Waals surface area contributed by atoms with Crippen molar-refractivity contribution < 1.29 is 9.53 Å². The quantitative estimate of drug-likeness (QED) is 0.312. The van der Waals surface area contributed by atoms with E-state index in [0.717, 1.165) is 21.3 Å². The smallest absolute Gasteiger partial charge is 0.308 e. The average Bonchev–Trinajstić information content (AvgIpc) is 3.10. The van der Waals surface area contributed by atoms with Crippen LogP contribution in [0.15, 0.2) is 58.4 Å². The number of nitrogens with zero attached hydrogens (tertiary/aromatic N) is 2. The van der Waals surface area contributed by atoms with Crippen LogP contribution in [-0.2, 0) is 4.79 Å². The van der Waals surface area contributed by atoms with Crippen LogP contribution in [0.25, 0.3) is 22.9 Å². The number of rotatable bonds is 4. The van der Waals surface area contributed by atoms with E-state index in [1.165, 1.54) is 18.3 Å². The normalized spacial score (nSPS) is 11.0. The van der Waals surface area contributed by atoms with Crippen LogP contribution in [0.2, 0.25) is 0 Å². The first-order chi connectivity index (χ1) is 12.5. The molecule has 6 heteroatoms. The second-order valence-corrected chi connectivity index (χ2v) is 7.15. The molecule has 3 aromatic rings. The number of nitriles is 1. The molecule has 0 atom stereocenters. The Labute approximate surface area is 163 Å². The van der Waals surface area contributed by atoms with Crippen LogP contribution in [0.5, 0.6) is 5.75 Å². The Bertz CT molecular complexity index is 1020. The van der Waals surface area contributed by atoms with E-state index >= 15 is 0 Å². The molecular weight excluding hydrogens is 412 g/mol. The molecule has 0 N–H and O–H groups in total. The molecule has 26 heavy (non-hydrogen) atoms. The lowest BCUT2D eigenvalue weighted by molar-refractivity contribution is -0.131. The Balaban J connectivity index is 1.86. The highest BCUT2D eigenvalue weighted by Crippen LogP contribution is 2.28. The van der Waals surface area contributed by atoms with Crippen molar-refractivity contribution >= 4 is 44.9 Å². The summed E-state index contributed by atoms with van der Waals surface area (Å²) in [5.41, 5.74) is 3.13. The van der Waals surface area contributed by atoms with Crippen LogP contribution >= 0.6 is 27.3 Å². The molecule has 0 fully saturated rings. The minimum absolute atomic E-state index is 0.367. The number of benzene rings is 2. The van der Waals surface area contributed by atoms with Crippen LogP contribution in [-0.4, -0.2) is 11.0 Å². The second kappa shape index (κ2) is 8.09. The molecule has 1 heterocycles. The fourth-order valence-corrected chi connectivity index (χ4v) is 3.48. The number of hydrogen-bond acceptors (Lipinski definition) is 5. The first kappa shape index (κ1) is 18.1. The van der Waals surface area contributed by atoms with E-state index in [1.54, 1.807) is 30.3 Å². The number of halogens is 1. The van der Waals surface area contributed by atoms with E-state index in [2.05, 4.69) is 27.0 Å². The number of ether oxygens (including phenoxy) is 1. The molecule has 0 bridgehead atoms. The first-order valence-electron chi connectivity index (χ1n) is 7.67. The molecule has 0 amide bonds. The third kappa shape index (κ3) is 4.45. The molecule has 4 nitrogen and oxygen atoms in total. The van der Waals surface area contributed by atoms with Crippen molar-refractivity contribution in [3.8, 4) is 23.1 Å². The standard InChI is InChI=1S/C20H13BrN2O2S/c1-13(24)25-18-7-5-14(6-8-18)9-16(11-22)20-23-19(12-26-20)15-3-2-4-17(21)10-15/h2-10,12H,1H3/b16-9-. The van der Waals surface area contributed by atoms with Gasteiger partial charge in [0.1, 0.15) is 16.8 Å². The van der Waals surface area contributed by atoms with E-state index in [1.807, 2.05) is 29.6 Å². The van der Waals surface area contributed by atoms with Gasteiger partial charge in [-0.3, -0.25) is 4.79 Å². The van der Waals surface area contributed by atoms with E-state index in [9.17, 15) is 10.1 Å². The average molecular weight is 425 g/mol. The molecule has 1 aromatic heterocycles. The van der Waals surface area contributed by atoms with Crippen LogP contribution in [0.3, 0.4) is 0 Å². The topological polar surface area (TPSA) is 63.0 Å². The van der Waals surface area contributed by atoms with Gasteiger partial charge in [-0.1, -0.05) is 40.2 Å². The molecule has 0 spiro atoms. The number of allylic oxidation sites excluding steroid dienone is 1. The number of carbonyl (C=O) groups is 1. The summed E-state index contributed by atoms with van der Waals surface area (Å²) in [6.45, 7) is 1.35. The Morgan fingerprint density at radius 2 is 2.04 bits per heavy atom. The van der Waals surface area contributed by atoms with Gasteiger partial charge in [0.25, 0.3) is 0 Å². The Morgan fingerprint density at radius 1 is 1.27 bits per heavy atom. The van der Waals surface area contributed by atoms with Gasteiger partial charge >= 0.3 is 5.97 Å². The van der Waals surface area contributed by atoms with Gasteiger partial charge in [-0.05, 0) is 35.9 Å². The predicted molar refractivity (Wildman–Crippen MR) is 106 cm³/mol. The number of aromatic nitrogens is 1. The summed E-state index contributed by atoms with van der Waals surface area (Å²) < 4.78 is 5.99. The molecule has 128 valence electrons. The van der Waals surface area contributed by atoms with Gasteiger partial charge < -0.3 is 4.74 Å². The van der Waals surface area contributed by atoms with Crippen LogP contribution < -0.4 is 4.74 Å². The summed E-state index contributed by atoms with van der Waals surface area (Å²) in [4.78, 5) is 15.5. The monoisotopic (exact) mass is 424 g/mol. The lowest BCUT2D eigenvalue weighted by Gasteiger charge is -2.01. The summed E-state index contributed by atoms with van der Waals surface area (Å²) in [7, 11) is 0. The number of esters is 1. The summed E-state index contributed by atoms with van der Waals surface area (Å²) >= 11 is 4.88. The molecule has 3 rings (SSSR count). The molecule has 2 aromatic carbocycles. The molecule has 0 saturated carbocycles. The zero-order valence-electron chi connectivity index (χ0n) is 13.8. The molecule has 0 aliphatic rings. The number of hydrogen-bond donors (Lipinski definition) is 0. The van der Waals surface area contributed by atoms with E-state index in [0.29, 0.717) is 16.3 Å². The Morgan fingerprint density at radius 3 is 2.69 bits per heavy atom. The van der Waals surface area contributed by atoms with Gasteiger partial charge in [0, 0.05) is 22.3 Å². The molecular formula is C20H13BrN2O2S. The molecule has 0 saturated heterocycles. The summed E-state index contributed by atoms with van der Waals surface area (Å²) in [6, 6.07) is 17.0. The maximum atomic E-state index is 11.0. The molecule has 0 aliphatic carbocycles. The van der Waals surface area contributed by atoms with Crippen molar-refractivity contribution in [2.24, 2.45) is 0 Å². The Kier molecular flexibility index (Phi) is 5.61. The van der Waals surface area contributed by atoms with E-state index in [4.69, 9.17) is 4.74 Å². The first-order valence-corrected chi connectivity index (χ1v) is 9.34. The van der Waals surface area contributed by atoms with Gasteiger partial charge in [0.15, 0.2) is 0 Å². The highest BCUT2D eigenvalue weighted by atomic mass is 79.9. The van der Waals surface area contributed by atoms with Crippen molar-refractivity contribution in [3.05, 3.63) is 69.0 Å². The number of carbonyl (C=O) groups excluding carboxylic acids is 1. The minimum atomic E-state index is -0.367. The summed E-state index contributed by atoms with van der Waals surface area (Å²) in [5, 5.41) is 12.1. The molecule has 0 aliphatic heterocycles. The summed E-state index contributed by atoms with van der Waals surface area (Å²) in [6.07, 6.45) is 1.76. The highest BCUT2D eigenvalue weighted by molar-refractivity contribution is 9.10. The van der Waals surface area contributed by atoms with Gasteiger partial charge in [-0.2, -0.15) is 5.26 Å². The maximum Gasteiger partial charge on any atom is 0.308 e. The van der Waals surface area contributed by atoms with Gasteiger partial charge in [-0.15, -0.1) is 11.3 Å². The lowest BCUT2D eigenvalue weighted by atomic mass is 10.1. The fourth-order valence-electron chi connectivity index (χ4n) is 2.28. The zero-order valence-corrected chi connectivity index (χ0v) is 16.2. The largest absolute Gasteiger partial charge is 0.427 e. The second-order valence-electron chi connectivity index (χ2n) is 5.38. The van der Waals surface area contributed by atoms with E-state index < -0.39 is 0 Å². The van der Waals surface area contributed by atoms with Crippen molar-refractivity contribution in [2.45, 2.75) is 6.92 Å². The molecule has 0 unspecified atom stereocenters. The summed E-state index contributed by atoms with van der Waals surface area (Å²) in [5.74, 6) is 0.105. The number of thiazole rings is 1. The van der Waals surface area contributed by atoms with Gasteiger partial charge in [-0.25, -0.2) is 4.98 Å². The SMILES string of the molecule is CC(=O)Oc1ccc(/C=C(/C#N)c2nc(-c3cccc(Br)c3)cs2)cc1. The van der Waals surface area contributed by atoms with Crippen molar-refractivity contribution in [1.29, 1.82) is 5.26 Å². The van der Waals surface area contributed by atoms with Crippen molar-refractivity contribution in [3.63, 3.8) is 0 Å². The predicted octanol–water partition coefficient (Wildman–Crippen LogP) is 5.56. The molecule has 0 radical (unpaired) electrons. The van der Waals surface area contributed by atoms with Gasteiger partial charge in [0.2, 0.25) is 0 Å². The third-order valence-corrected chi connectivity index (χ3v) is 4.80. The maximum absolute atomic E-state index is 11.0. The van der Waals surface area contributed by atoms with Crippen LogP contribution in [0.1, 0.15) is 17.5 Å². The fraction of sp³-hybridized carbons (Fsp3) is 0.0500. The van der Waals surface area contributed by atoms with Crippen LogP contribution in [0.4, 0.5) is 0 Å². The highest BCUT2D eigenvalue weighted by Gasteiger charge is 2.09.